The molecule has 1 aliphatic heterocycles. The predicted molar refractivity (Wildman–Crippen MR) is 102 cm³/mol. The van der Waals surface area contributed by atoms with Crippen LogP contribution in [0.4, 0.5) is 0 Å². The van der Waals surface area contributed by atoms with Crippen molar-refractivity contribution in [3.8, 4) is 16.0 Å². The molecule has 1 aromatic carbocycles. The summed E-state index contributed by atoms with van der Waals surface area (Å²) in [5.74, 6) is 0.0345. The van der Waals surface area contributed by atoms with Crippen molar-refractivity contribution >= 4 is 38.7 Å². The molecule has 1 fully saturated rings. The molecule has 0 N–H and O–H groups in total. The minimum Gasteiger partial charge on any atom is -0.462 e. The van der Waals surface area contributed by atoms with E-state index in [2.05, 4.69) is 23.2 Å². The molecule has 5 nitrogen and oxygen atoms in total. The van der Waals surface area contributed by atoms with Gasteiger partial charge in [0.05, 0.1) is 40.7 Å². The summed E-state index contributed by atoms with van der Waals surface area (Å²) in [5, 5.41) is 11.4. The number of esters is 1. The van der Waals surface area contributed by atoms with Crippen LogP contribution in [0, 0.1) is 18.3 Å². The van der Waals surface area contributed by atoms with Gasteiger partial charge in [-0.15, -0.1) is 22.7 Å². The highest BCUT2D eigenvalue weighted by atomic mass is 32.1. The molecular weight excluding hydrogens is 368 g/mol. The van der Waals surface area contributed by atoms with E-state index in [9.17, 15) is 10.1 Å². The van der Waals surface area contributed by atoms with Gasteiger partial charge in [0.15, 0.2) is 0 Å². The summed E-state index contributed by atoms with van der Waals surface area (Å²) in [6.07, 6.45) is 0. The Balaban J connectivity index is 1.77. The van der Waals surface area contributed by atoms with Gasteiger partial charge in [0.1, 0.15) is 16.0 Å². The first-order valence-electron chi connectivity index (χ1n) is 8.31. The van der Waals surface area contributed by atoms with Crippen molar-refractivity contribution in [2.75, 3.05) is 19.8 Å². The van der Waals surface area contributed by atoms with Crippen LogP contribution in [0.1, 0.15) is 39.3 Å². The molecule has 1 saturated heterocycles. The van der Waals surface area contributed by atoms with Crippen LogP contribution in [0.25, 0.3) is 20.0 Å². The molecule has 0 aliphatic carbocycles. The number of nitrogens with zero attached hydrogens (tertiary/aromatic N) is 2. The van der Waals surface area contributed by atoms with Gasteiger partial charge >= 0.3 is 5.97 Å². The van der Waals surface area contributed by atoms with Crippen LogP contribution in [0.3, 0.4) is 0 Å². The molecule has 0 bridgehead atoms. The molecule has 2 aromatic heterocycles. The van der Waals surface area contributed by atoms with Gasteiger partial charge in [-0.2, -0.15) is 5.26 Å². The number of carbonyl (C=O) groups excluding carboxylic acids is 1. The van der Waals surface area contributed by atoms with E-state index in [1.54, 1.807) is 6.92 Å². The number of thiophene rings is 1. The summed E-state index contributed by atoms with van der Waals surface area (Å²) >= 11 is 2.87. The van der Waals surface area contributed by atoms with Crippen molar-refractivity contribution in [1.29, 1.82) is 5.26 Å². The van der Waals surface area contributed by atoms with Gasteiger partial charge in [0.2, 0.25) is 0 Å². The number of aryl methyl sites for hydroxylation is 1. The van der Waals surface area contributed by atoms with Gasteiger partial charge in [-0.25, -0.2) is 9.78 Å². The highest BCUT2D eigenvalue weighted by Gasteiger charge is 2.23. The Morgan fingerprint density at radius 2 is 2.19 bits per heavy atom. The fraction of sp³-hybridized carbons (Fsp3) is 0.316. The van der Waals surface area contributed by atoms with Crippen LogP contribution >= 0.6 is 22.7 Å². The first kappa shape index (κ1) is 17.2. The fourth-order valence-electron chi connectivity index (χ4n) is 2.92. The van der Waals surface area contributed by atoms with Crippen LogP contribution in [0.5, 0.6) is 0 Å². The molecular formula is C19H16N2O3S2. The number of hydrogen-bond acceptors (Lipinski definition) is 7. The van der Waals surface area contributed by atoms with Gasteiger partial charge in [0.25, 0.3) is 0 Å². The number of nitriles is 1. The van der Waals surface area contributed by atoms with Gasteiger partial charge in [-0.3, -0.25) is 0 Å². The third-order valence-corrected chi connectivity index (χ3v) is 6.83. The molecule has 3 aromatic rings. The molecule has 26 heavy (non-hydrogen) atoms. The van der Waals surface area contributed by atoms with Crippen molar-refractivity contribution in [3.63, 3.8) is 0 Å². The van der Waals surface area contributed by atoms with Crippen molar-refractivity contribution < 1.29 is 14.3 Å². The lowest BCUT2D eigenvalue weighted by Gasteiger charge is -2.26. The van der Waals surface area contributed by atoms with E-state index in [1.165, 1.54) is 22.7 Å². The standard InChI is InChI=1S/C19H16N2O3S2/c1-3-24-19(22)16-10(2)21-18(26-16)15-6-12-4-11(14-8-23-9-14)5-13(7-20)17(12)25-15/h4-6,14H,3,8-9H2,1-2H3. The van der Waals surface area contributed by atoms with Crippen LogP contribution in [0.15, 0.2) is 18.2 Å². The second-order valence-corrected chi connectivity index (χ2v) is 8.15. The van der Waals surface area contributed by atoms with Crippen molar-refractivity contribution in [2.24, 2.45) is 0 Å². The number of benzene rings is 1. The molecule has 0 amide bonds. The number of fused-ring (bicyclic) bond motifs is 1. The van der Waals surface area contributed by atoms with Gasteiger partial charge in [-0.05, 0) is 43.0 Å². The highest BCUT2D eigenvalue weighted by molar-refractivity contribution is 7.26. The monoisotopic (exact) mass is 384 g/mol. The Labute approximate surface area is 158 Å². The summed E-state index contributed by atoms with van der Waals surface area (Å²) < 4.78 is 11.3. The molecule has 132 valence electrons. The summed E-state index contributed by atoms with van der Waals surface area (Å²) in [7, 11) is 0. The zero-order valence-electron chi connectivity index (χ0n) is 14.4. The Kier molecular flexibility index (Phi) is 4.49. The van der Waals surface area contributed by atoms with Crippen LogP contribution in [-0.4, -0.2) is 30.8 Å². The second-order valence-electron chi connectivity index (χ2n) is 6.10. The Morgan fingerprint density at radius 1 is 1.38 bits per heavy atom. The third kappa shape index (κ3) is 2.90. The average Bonchev–Trinajstić information content (AvgIpc) is 3.16. The quantitative estimate of drug-likeness (QED) is 0.620. The third-order valence-electron chi connectivity index (χ3n) is 4.34. The van der Waals surface area contributed by atoms with Crippen LogP contribution in [-0.2, 0) is 9.47 Å². The lowest BCUT2D eigenvalue weighted by Crippen LogP contribution is -2.25. The van der Waals surface area contributed by atoms with E-state index < -0.39 is 0 Å². The van der Waals surface area contributed by atoms with E-state index >= 15 is 0 Å². The molecule has 4 rings (SSSR count). The molecule has 1 aliphatic rings. The molecule has 0 spiro atoms. The summed E-state index contributed by atoms with van der Waals surface area (Å²) in [5.41, 5.74) is 2.50. The number of hydrogen-bond donors (Lipinski definition) is 0. The van der Waals surface area contributed by atoms with E-state index in [0.717, 1.165) is 25.5 Å². The normalized spacial score (nSPS) is 14.2. The minimum atomic E-state index is -0.333. The van der Waals surface area contributed by atoms with E-state index in [0.29, 0.717) is 41.9 Å². The SMILES string of the molecule is CCOC(=O)c1sc(-c2cc3cc(C4COC4)cc(C#N)c3s2)nc1C. The fourth-order valence-corrected chi connectivity index (χ4v) is 5.03. The van der Waals surface area contributed by atoms with Crippen molar-refractivity contribution in [2.45, 2.75) is 19.8 Å². The van der Waals surface area contributed by atoms with Crippen LogP contribution < -0.4 is 0 Å². The van der Waals surface area contributed by atoms with E-state index in [1.807, 2.05) is 13.0 Å². The predicted octanol–water partition coefficient (Wildman–Crippen LogP) is 4.50. The zero-order valence-corrected chi connectivity index (χ0v) is 16.0. The summed E-state index contributed by atoms with van der Waals surface area (Å²) in [6.45, 7) is 5.36. The molecule has 0 atom stereocenters. The second kappa shape index (κ2) is 6.80. The number of thiazole rings is 1. The van der Waals surface area contributed by atoms with E-state index in [4.69, 9.17) is 9.47 Å². The Bertz CT molecular complexity index is 1040. The van der Waals surface area contributed by atoms with Gasteiger partial charge < -0.3 is 9.47 Å². The van der Waals surface area contributed by atoms with Gasteiger partial charge in [0, 0.05) is 5.92 Å². The first-order valence-corrected chi connectivity index (χ1v) is 9.94. The average molecular weight is 384 g/mol. The molecule has 7 heteroatoms. The lowest BCUT2D eigenvalue weighted by atomic mass is 9.95. The number of ether oxygens (including phenoxy) is 2. The smallest absolute Gasteiger partial charge is 0.350 e. The number of carbonyl (C=O) groups is 1. The first-order chi connectivity index (χ1) is 12.6. The van der Waals surface area contributed by atoms with E-state index in [-0.39, 0.29) is 5.97 Å². The Hall–Kier alpha value is -2.27. The molecule has 0 unspecified atom stereocenters. The maximum atomic E-state index is 12.0. The van der Waals surface area contributed by atoms with Crippen LogP contribution in [0.2, 0.25) is 0 Å². The Morgan fingerprint density at radius 3 is 2.85 bits per heavy atom. The zero-order chi connectivity index (χ0) is 18.3. The number of aromatic nitrogens is 1. The lowest BCUT2D eigenvalue weighted by molar-refractivity contribution is 0.00847. The maximum absolute atomic E-state index is 12.0. The molecule has 0 saturated carbocycles. The molecule has 3 heterocycles. The topological polar surface area (TPSA) is 72.2 Å². The summed E-state index contributed by atoms with van der Waals surface area (Å²) in [6, 6.07) is 8.46. The van der Waals surface area contributed by atoms with Crippen molar-refractivity contribution in [1.82, 2.24) is 4.98 Å². The maximum Gasteiger partial charge on any atom is 0.350 e. The largest absolute Gasteiger partial charge is 0.462 e. The highest BCUT2D eigenvalue weighted by Crippen LogP contribution is 2.40. The summed E-state index contributed by atoms with van der Waals surface area (Å²) in [4.78, 5) is 18.1. The minimum absolute atomic E-state index is 0.333. The molecule has 0 radical (unpaired) electrons. The number of rotatable bonds is 4. The van der Waals surface area contributed by atoms with Crippen molar-refractivity contribution in [3.05, 3.63) is 39.9 Å². The van der Waals surface area contributed by atoms with Gasteiger partial charge in [-0.1, -0.05) is 0 Å².